The summed E-state index contributed by atoms with van der Waals surface area (Å²) >= 11 is 1.73. The van der Waals surface area contributed by atoms with Gasteiger partial charge >= 0.3 is 0 Å². The van der Waals surface area contributed by atoms with Gasteiger partial charge in [0, 0.05) is 27.9 Å². The van der Waals surface area contributed by atoms with Gasteiger partial charge in [0.15, 0.2) is 0 Å². The van der Waals surface area contributed by atoms with E-state index in [2.05, 4.69) is 18.3 Å². The van der Waals surface area contributed by atoms with Crippen LogP contribution in [0.15, 0.2) is 30.3 Å². The zero-order valence-electron chi connectivity index (χ0n) is 9.66. The van der Waals surface area contributed by atoms with E-state index in [-0.39, 0.29) is 5.82 Å². The second-order valence-corrected chi connectivity index (χ2v) is 5.66. The van der Waals surface area contributed by atoms with Gasteiger partial charge in [-0.1, -0.05) is 18.2 Å². The summed E-state index contributed by atoms with van der Waals surface area (Å²) in [5.74, 6) is -0.132. The lowest BCUT2D eigenvalue weighted by molar-refractivity contribution is 0.520. The Hall–Kier alpha value is -1.19. The van der Waals surface area contributed by atoms with Crippen molar-refractivity contribution in [2.75, 3.05) is 0 Å². The monoisotopic (exact) mass is 247 g/mol. The fraction of sp³-hybridized carbons (Fsp3) is 0.286. The Balaban J connectivity index is 2.03. The summed E-state index contributed by atoms with van der Waals surface area (Å²) in [5, 5.41) is 3.43. The van der Waals surface area contributed by atoms with E-state index < -0.39 is 0 Å². The first-order valence-corrected chi connectivity index (χ1v) is 6.65. The number of rotatable bonds is 1. The molecule has 0 radical (unpaired) electrons. The Kier molecular flexibility index (Phi) is 2.73. The highest BCUT2D eigenvalue weighted by Gasteiger charge is 2.18. The van der Waals surface area contributed by atoms with Crippen molar-refractivity contribution in [1.29, 1.82) is 0 Å². The van der Waals surface area contributed by atoms with Crippen LogP contribution < -0.4 is 5.32 Å². The van der Waals surface area contributed by atoms with Gasteiger partial charge in [-0.2, -0.15) is 0 Å². The van der Waals surface area contributed by atoms with Gasteiger partial charge in [0.25, 0.3) is 0 Å². The van der Waals surface area contributed by atoms with Crippen LogP contribution in [0.3, 0.4) is 0 Å². The molecule has 1 aliphatic rings. The van der Waals surface area contributed by atoms with Crippen molar-refractivity contribution >= 4 is 11.3 Å². The molecule has 1 aromatic heterocycles. The highest BCUT2D eigenvalue weighted by molar-refractivity contribution is 7.15. The molecule has 1 unspecified atom stereocenters. The summed E-state index contributed by atoms with van der Waals surface area (Å²) in [6.07, 6.45) is 1.05. The third kappa shape index (κ3) is 2.01. The van der Waals surface area contributed by atoms with Crippen LogP contribution in [0.4, 0.5) is 4.39 Å². The van der Waals surface area contributed by atoms with Crippen molar-refractivity contribution in [2.24, 2.45) is 0 Å². The Morgan fingerprint density at radius 3 is 3.00 bits per heavy atom. The first kappa shape index (κ1) is 10.9. The maximum atomic E-state index is 13.7. The topological polar surface area (TPSA) is 12.0 Å². The molecule has 17 heavy (non-hydrogen) atoms. The van der Waals surface area contributed by atoms with Crippen molar-refractivity contribution < 1.29 is 4.39 Å². The molecule has 1 nitrogen and oxygen atoms in total. The number of hydrogen-bond donors (Lipinski definition) is 1. The maximum absolute atomic E-state index is 13.7. The van der Waals surface area contributed by atoms with Crippen molar-refractivity contribution in [1.82, 2.24) is 5.32 Å². The van der Waals surface area contributed by atoms with Crippen LogP contribution in [-0.4, -0.2) is 6.04 Å². The van der Waals surface area contributed by atoms with Gasteiger partial charge in [-0.15, -0.1) is 11.3 Å². The van der Waals surface area contributed by atoms with Gasteiger partial charge in [0.2, 0.25) is 0 Å². The molecule has 0 fully saturated rings. The molecule has 1 aliphatic heterocycles. The normalized spacial score (nSPS) is 19.1. The molecule has 0 saturated carbocycles. The molecule has 88 valence electrons. The van der Waals surface area contributed by atoms with E-state index in [9.17, 15) is 4.39 Å². The third-order valence-corrected chi connectivity index (χ3v) is 4.40. The molecular formula is C14H14FNS. The van der Waals surface area contributed by atoms with Crippen molar-refractivity contribution in [2.45, 2.75) is 25.9 Å². The number of nitrogens with one attached hydrogen (secondary N) is 1. The standard InChI is InChI=1S/C14H14FNS/c1-9-6-13-10(8-16-9)7-14(17-13)11-4-2-3-5-12(11)15/h2-5,7,9,16H,6,8H2,1H3. The average Bonchev–Trinajstić information content (AvgIpc) is 2.72. The lowest BCUT2D eigenvalue weighted by Crippen LogP contribution is -2.31. The molecule has 1 atom stereocenters. The van der Waals surface area contributed by atoms with Gasteiger partial charge in [-0.05, 0) is 31.0 Å². The lowest BCUT2D eigenvalue weighted by atomic mass is 10.0. The second kappa shape index (κ2) is 4.24. The minimum absolute atomic E-state index is 0.132. The van der Waals surface area contributed by atoms with Crippen LogP contribution in [0.25, 0.3) is 10.4 Å². The summed E-state index contributed by atoms with van der Waals surface area (Å²) in [6.45, 7) is 3.09. The zero-order valence-corrected chi connectivity index (χ0v) is 10.5. The first-order chi connectivity index (χ1) is 8.24. The molecular weight excluding hydrogens is 233 g/mol. The van der Waals surface area contributed by atoms with Gasteiger partial charge in [0.05, 0.1) is 0 Å². The number of fused-ring (bicyclic) bond motifs is 1. The van der Waals surface area contributed by atoms with Crippen LogP contribution in [-0.2, 0) is 13.0 Å². The quantitative estimate of drug-likeness (QED) is 0.812. The fourth-order valence-corrected chi connectivity index (χ4v) is 3.55. The zero-order chi connectivity index (χ0) is 11.8. The Labute approximate surface area is 104 Å². The third-order valence-electron chi connectivity index (χ3n) is 3.17. The van der Waals surface area contributed by atoms with Crippen LogP contribution in [0.2, 0.25) is 0 Å². The second-order valence-electron chi connectivity index (χ2n) is 4.52. The molecule has 0 aliphatic carbocycles. The Bertz CT molecular complexity index is 547. The van der Waals surface area contributed by atoms with Gasteiger partial charge in [-0.3, -0.25) is 0 Å². The van der Waals surface area contributed by atoms with Crippen LogP contribution >= 0.6 is 11.3 Å². The number of halogens is 1. The van der Waals surface area contributed by atoms with Gasteiger partial charge < -0.3 is 5.32 Å². The largest absolute Gasteiger partial charge is 0.310 e. The SMILES string of the molecule is CC1Cc2sc(-c3ccccc3F)cc2CN1. The molecule has 3 heteroatoms. The minimum atomic E-state index is -0.132. The molecule has 1 N–H and O–H groups in total. The summed E-state index contributed by atoms with van der Waals surface area (Å²) < 4.78 is 13.7. The lowest BCUT2D eigenvalue weighted by Gasteiger charge is -2.19. The molecule has 0 amide bonds. The van der Waals surface area contributed by atoms with E-state index in [0.29, 0.717) is 6.04 Å². The van der Waals surface area contributed by atoms with E-state index >= 15 is 0 Å². The smallest absolute Gasteiger partial charge is 0.131 e. The van der Waals surface area contributed by atoms with Gasteiger partial charge in [-0.25, -0.2) is 4.39 Å². The summed E-state index contributed by atoms with van der Waals surface area (Å²) in [6, 6.07) is 9.64. The summed E-state index contributed by atoms with van der Waals surface area (Å²) in [7, 11) is 0. The van der Waals surface area contributed by atoms with E-state index in [0.717, 1.165) is 23.4 Å². The number of benzene rings is 1. The van der Waals surface area contributed by atoms with E-state index in [1.807, 2.05) is 12.1 Å². The molecule has 2 heterocycles. The summed E-state index contributed by atoms with van der Waals surface area (Å²) in [5.41, 5.74) is 2.05. The molecule has 3 rings (SSSR count). The summed E-state index contributed by atoms with van der Waals surface area (Å²) in [4.78, 5) is 2.44. The van der Waals surface area contributed by atoms with E-state index in [1.165, 1.54) is 16.5 Å². The molecule has 0 spiro atoms. The minimum Gasteiger partial charge on any atom is -0.310 e. The molecule has 1 aromatic carbocycles. The average molecular weight is 247 g/mol. The number of thiophene rings is 1. The fourth-order valence-electron chi connectivity index (χ4n) is 2.22. The van der Waals surface area contributed by atoms with Crippen LogP contribution in [0.5, 0.6) is 0 Å². The maximum Gasteiger partial charge on any atom is 0.131 e. The predicted octanol–water partition coefficient (Wildman–Crippen LogP) is 3.59. The van der Waals surface area contributed by atoms with Crippen molar-refractivity contribution in [3.05, 3.63) is 46.6 Å². The van der Waals surface area contributed by atoms with E-state index in [1.54, 1.807) is 17.4 Å². The van der Waals surface area contributed by atoms with E-state index in [4.69, 9.17) is 0 Å². The predicted molar refractivity (Wildman–Crippen MR) is 69.7 cm³/mol. The highest BCUT2D eigenvalue weighted by atomic mass is 32.1. The first-order valence-electron chi connectivity index (χ1n) is 5.84. The van der Waals surface area contributed by atoms with Crippen molar-refractivity contribution in [3.63, 3.8) is 0 Å². The molecule has 2 aromatic rings. The Morgan fingerprint density at radius 2 is 2.18 bits per heavy atom. The van der Waals surface area contributed by atoms with Crippen LogP contribution in [0.1, 0.15) is 17.4 Å². The van der Waals surface area contributed by atoms with Crippen LogP contribution in [0, 0.1) is 5.82 Å². The number of hydrogen-bond acceptors (Lipinski definition) is 2. The molecule has 0 saturated heterocycles. The molecule has 0 bridgehead atoms. The van der Waals surface area contributed by atoms with Gasteiger partial charge in [0.1, 0.15) is 5.82 Å². The highest BCUT2D eigenvalue weighted by Crippen LogP contribution is 2.35. The van der Waals surface area contributed by atoms with Crippen molar-refractivity contribution in [3.8, 4) is 10.4 Å². The Morgan fingerprint density at radius 1 is 1.35 bits per heavy atom.